The Morgan fingerprint density at radius 2 is 1.82 bits per heavy atom. The zero-order valence-corrected chi connectivity index (χ0v) is 21.7. The number of hydrogen-bond acceptors (Lipinski definition) is 6. The van der Waals surface area contributed by atoms with Crippen molar-refractivity contribution in [2.75, 3.05) is 0 Å². The largest absolute Gasteiger partial charge is 0.438 e. The monoisotopic (exact) mass is 568 g/mol. The number of carbonyl (C=O) groups excluding carboxylic acids is 2. The van der Waals surface area contributed by atoms with Crippen LogP contribution in [0.2, 0.25) is 0 Å². The third kappa shape index (κ3) is 6.58. The SMILES string of the molecule is Cc1ncoc1C(=O)N[C@H](c1cn2ncc([C@H](NC(=O)CCC(F)(F)F)C3CC3)cc2n1)C1CCC(F)(F)CC1. The van der Waals surface area contributed by atoms with Crippen LogP contribution in [0.25, 0.3) is 5.65 Å². The summed E-state index contributed by atoms with van der Waals surface area (Å²) in [7, 11) is 0. The highest BCUT2D eigenvalue weighted by Crippen LogP contribution is 2.43. The first-order valence-corrected chi connectivity index (χ1v) is 13.2. The van der Waals surface area contributed by atoms with Gasteiger partial charge in [-0.3, -0.25) is 9.59 Å². The van der Waals surface area contributed by atoms with Crippen molar-refractivity contribution >= 4 is 17.5 Å². The topological polar surface area (TPSA) is 114 Å². The van der Waals surface area contributed by atoms with Crippen molar-refractivity contribution < 1.29 is 36.0 Å². The maximum atomic E-state index is 13.9. The molecule has 2 aliphatic carbocycles. The average molecular weight is 569 g/mol. The fourth-order valence-corrected chi connectivity index (χ4v) is 5.19. The highest BCUT2D eigenvalue weighted by molar-refractivity contribution is 5.92. The van der Waals surface area contributed by atoms with Gasteiger partial charge in [-0.2, -0.15) is 18.3 Å². The van der Waals surface area contributed by atoms with E-state index in [4.69, 9.17) is 4.42 Å². The van der Waals surface area contributed by atoms with Gasteiger partial charge in [0.25, 0.3) is 5.91 Å². The third-order valence-electron chi connectivity index (χ3n) is 7.55. The van der Waals surface area contributed by atoms with Gasteiger partial charge in [0.05, 0.1) is 42.3 Å². The number of aryl methyl sites for hydroxylation is 1. The van der Waals surface area contributed by atoms with Gasteiger partial charge in [-0.15, -0.1) is 0 Å². The van der Waals surface area contributed by atoms with E-state index in [0.717, 1.165) is 19.2 Å². The number of fused-ring (bicyclic) bond motifs is 1. The van der Waals surface area contributed by atoms with Crippen LogP contribution in [-0.4, -0.2) is 43.5 Å². The molecule has 2 N–H and O–H groups in total. The lowest BCUT2D eigenvalue weighted by atomic mass is 9.81. The predicted molar refractivity (Wildman–Crippen MR) is 130 cm³/mol. The summed E-state index contributed by atoms with van der Waals surface area (Å²) in [5.74, 6) is -4.22. The zero-order chi connectivity index (χ0) is 28.7. The van der Waals surface area contributed by atoms with E-state index in [1.807, 2.05) is 0 Å². The summed E-state index contributed by atoms with van der Waals surface area (Å²) in [6, 6.07) is 0.473. The van der Waals surface area contributed by atoms with E-state index in [2.05, 4.69) is 25.7 Å². The van der Waals surface area contributed by atoms with E-state index in [1.165, 1.54) is 10.7 Å². The molecule has 2 fully saturated rings. The van der Waals surface area contributed by atoms with Crippen molar-refractivity contribution in [3.8, 4) is 0 Å². The Labute approximate surface area is 225 Å². The summed E-state index contributed by atoms with van der Waals surface area (Å²) in [5, 5.41) is 9.97. The van der Waals surface area contributed by atoms with Crippen LogP contribution in [-0.2, 0) is 4.79 Å². The molecule has 2 saturated carbocycles. The van der Waals surface area contributed by atoms with Gasteiger partial charge in [-0.1, -0.05) is 0 Å². The van der Waals surface area contributed by atoms with E-state index in [0.29, 0.717) is 22.6 Å². The number of nitrogens with one attached hydrogen (secondary N) is 2. The zero-order valence-electron chi connectivity index (χ0n) is 21.7. The minimum absolute atomic E-state index is 0.0175. The van der Waals surface area contributed by atoms with Crippen LogP contribution in [0.3, 0.4) is 0 Å². The molecule has 0 radical (unpaired) electrons. The number of amides is 2. The van der Waals surface area contributed by atoms with Crippen LogP contribution >= 0.6 is 0 Å². The van der Waals surface area contributed by atoms with Crippen LogP contribution in [0.1, 0.15) is 91.0 Å². The molecule has 216 valence electrons. The smallest absolute Gasteiger partial charge is 0.389 e. The molecule has 3 heterocycles. The number of halogens is 5. The van der Waals surface area contributed by atoms with Crippen molar-refractivity contribution in [1.82, 2.24) is 30.2 Å². The lowest BCUT2D eigenvalue weighted by Crippen LogP contribution is -2.37. The molecule has 3 aromatic heterocycles. The summed E-state index contributed by atoms with van der Waals surface area (Å²) in [6.07, 6.45) is -0.644. The first-order valence-electron chi connectivity index (χ1n) is 13.2. The Morgan fingerprint density at radius 1 is 1.12 bits per heavy atom. The molecule has 40 heavy (non-hydrogen) atoms. The molecule has 0 aromatic carbocycles. The lowest BCUT2D eigenvalue weighted by molar-refractivity contribution is -0.144. The molecular formula is C26H29F5N6O3. The standard InChI is InChI=1S/C26H29F5N6O3/c1-14-23(40-13-32-14)24(39)36-22(16-4-7-25(27,28)8-5-16)18-12-37-19(34-18)10-17(11-33-37)21(15-2-3-15)35-20(38)6-9-26(29,30)31/h10-13,15-16,21-22H,2-9H2,1H3,(H,35,38)(H,36,39)/t21-,22+/m1/s1. The van der Waals surface area contributed by atoms with Gasteiger partial charge in [0.2, 0.25) is 17.6 Å². The number of imidazole rings is 1. The highest BCUT2D eigenvalue weighted by Gasteiger charge is 2.40. The lowest BCUT2D eigenvalue weighted by Gasteiger charge is -2.33. The fraction of sp³-hybridized carbons (Fsp3) is 0.577. The molecule has 0 unspecified atom stereocenters. The Hall–Kier alpha value is -3.58. The first-order chi connectivity index (χ1) is 18.9. The van der Waals surface area contributed by atoms with E-state index < -0.39 is 48.8 Å². The number of oxazole rings is 1. The molecule has 0 saturated heterocycles. The van der Waals surface area contributed by atoms with Crippen LogP contribution < -0.4 is 10.6 Å². The highest BCUT2D eigenvalue weighted by atomic mass is 19.4. The number of nitrogens with zero attached hydrogens (tertiary/aromatic N) is 4. The summed E-state index contributed by atoms with van der Waals surface area (Å²) in [5.41, 5.74) is 1.79. The molecular weight excluding hydrogens is 539 g/mol. The van der Waals surface area contributed by atoms with Crippen molar-refractivity contribution in [3.63, 3.8) is 0 Å². The summed E-state index contributed by atoms with van der Waals surface area (Å²) in [6.45, 7) is 1.61. The number of aromatic nitrogens is 4. The van der Waals surface area contributed by atoms with Crippen LogP contribution in [0.15, 0.2) is 29.3 Å². The van der Waals surface area contributed by atoms with Crippen LogP contribution in [0, 0.1) is 18.8 Å². The maximum absolute atomic E-state index is 13.9. The van der Waals surface area contributed by atoms with Crippen molar-refractivity contribution in [3.05, 3.63) is 47.6 Å². The van der Waals surface area contributed by atoms with E-state index in [1.54, 1.807) is 19.2 Å². The Kier molecular flexibility index (Phi) is 7.53. The molecule has 2 aliphatic rings. The van der Waals surface area contributed by atoms with Gasteiger partial charge in [-0.25, -0.2) is 23.3 Å². The second-order valence-electron chi connectivity index (χ2n) is 10.7. The van der Waals surface area contributed by atoms with Crippen molar-refractivity contribution in [2.45, 2.75) is 82.5 Å². The molecule has 0 aliphatic heterocycles. The number of carbonyl (C=O) groups is 2. The summed E-state index contributed by atoms with van der Waals surface area (Å²) < 4.78 is 72.2. The van der Waals surface area contributed by atoms with Gasteiger partial charge < -0.3 is 15.1 Å². The van der Waals surface area contributed by atoms with E-state index in [9.17, 15) is 31.5 Å². The Bertz CT molecular complexity index is 1370. The van der Waals surface area contributed by atoms with Gasteiger partial charge in [0.1, 0.15) is 0 Å². The third-order valence-corrected chi connectivity index (χ3v) is 7.55. The number of hydrogen-bond donors (Lipinski definition) is 2. The molecule has 0 bridgehead atoms. The molecule has 0 spiro atoms. The molecule has 3 aromatic rings. The number of alkyl halides is 5. The van der Waals surface area contributed by atoms with Crippen LogP contribution in [0.4, 0.5) is 22.0 Å². The Balaban J connectivity index is 1.39. The van der Waals surface area contributed by atoms with E-state index >= 15 is 0 Å². The molecule has 5 rings (SSSR count). The molecule has 14 heteroatoms. The fourth-order valence-electron chi connectivity index (χ4n) is 5.19. The Morgan fingerprint density at radius 3 is 2.45 bits per heavy atom. The quantitative estimate of drug-likeness (QED) is 0.342. The number of rotatable bonds is 9. The van der Waals surface area contributed by atoms with Gasteiger partial charge >= 0.3 is 6.18 Å². The normalized spacial score (nSPS) is 19.4. The second kappa shape index (κ2) is 10.8. The summed E-state index contributed by atoms with van der Waals surface area (Å²) in [4.78, 5) is 33.8. The van der Waals surface area contributed by atoms with E-state index in [-0.39, 0.29) is 43.3 Å². The van der Waals surface area contributed by atoms with Crippen LogP contribution in [0.5, 0.6) is 0 Å². The first kappa shape index (κ1) is 28.0. The molecule has 9 nitrogen and oxygen atoms in total. The van der Waals surface area contributed by atoms with Crippen molar-refractivity contribution in [1.29, 1.82) is 0 Å². The van der Waals surface area contributed by atoms with Crippen molar-refractivity contribution in [2.24, 2.45) is 11.8 Å². The van der Waals surface area contributed by atoms with Gasteiger partial charge in [-0.05, 0) is 56.1 Å². The summed E-state index contributed by atoms with van der Waals surface area (Å²) >= 11 is 0. The van der Waals surface area contributed by atoms with Gasteiger partial charge in [0, 0.05) is 19.3 Å². The maximum Gasteiger partial charge on any atom is 0.389 e. The second-order valence-corrected chi connectivity index (χ2v) is 10.7. The van der Waals surface area contributed by atoms with Gasteiger partial charge in [0.15, 0.2) is 12.0 Å². The minimum Gasteiger partial charge on any atom is -0.438 e. The predicted octanol–water partition coefficient (Wildman–Crippen LogP) is 5.23. The molecule has 2 atom stereocenters. The minimum atomic E-state index is -4.43. The average Bonchev–Trinajstić information content (AvgIpc) is 3.49. The molecule has 2 amide bonds.